The number of aryl methyl sites for hydroxylation is 1. The molecule has 0 radical (unpaired) electrons. The number of nitrogens with zero attached hydrogens (tertiary/aromatic N) is 5. The zero-order chi connectivity index (χ0) is 26.8. The van der Waals surface area contributed by atoms with Crippen LogP contribution in [0.5, 0.6) is 0 Å². The molecule has 0 bridgehead atoms. The van der Waals surface area contributed by atoms with Gasteiger partial charge in [-0.05, 0) is 59.7 Å². The molecule has 0 atom stereocenters. The number of amides is 1. The van der Waals surface area contributed by atoms with Crippen LogP contribution in [-0.2, 0) is 4.79 Å². The lowest BCUT2D eigenvalue weighted by atomic mass is 9.98. The number of benzene rings is 1. The molecule has 3 heterocycles. The number of hydrogen-bond donors (Lipinski definition) is 1. The lowest BCUT2D eigenvalue weighted by Crippen LogP contribution is -2.61. The minimum Gasteiger partial charge on any atom is -0.381 e. The summed E-state index contributed by atoms with van der Waals surface area (Å²) >= 11 is 0. The fourth-order valence-electron chi connectivity index (χ4n) is 4.25. The smallest absolute Gasteiger partial charge is 0.254 e. The largest absolute Gasteiger partial charge is 0.381 e. The number of carbonyl (C=O) groups excluding carboxylic acids is 2. The summed E-state index contributed by atoms with van der Waals surface area (Å²) < 4.78 is 1.71. The fourth-order valence-corrected chi connectivity index (χ4v) is 4.25. The number of imidazole rings is 1. The zero-order valence-electron chi connectivity index (χ0n) is 22.7. The van der Waals surface area contributed by atoms with Gasteiger partial charge in [-0.1, -0.05) is 37.6 Å². The van der Waals surface area contributed by atoms with Crippen LogP contribution in [0, 0.1) is 6.92 Å². The molecule has 1 amide bonds. The Kier molecular flexibility index (Phi) is 8.00. The molecule has 8 heteroatoms. The predicted molar refractivity (Wildman–Crippen MR) is 142 cm³/mol. The van der Waals surface area contributed by atoms with E-state index in [2.05, 4.69) is 74.8 Å². The van der Waals surface area contributed by atoms with Crippen molar-refractivity contribution in [3.8, 4) is 11.3 Å². The Bertz CT molecular complexity index is 1240. The van der Waals surface area contributed by atoms with E-state index < -0.39 is 5.60 Å². The monoisotopic (exact) mass is 493 g/mol. The van der Waals surface area contributed by atoms with Crippen molar-refractivity contribution >= 4 is 17.8 Å². The van der Waals surface area contributed by atoms with Gasteiger partial charge in [0.15, 0.2) is 11.9 Å². The van der Waals surface area contributed by atoms with Gasteiger partial charge in [0.1, 0.15) is 11.3 Å². The summed E-state index contributed by atoms with van der Waals surface area (Å²) in [6.45, 7) is 15.8. The van der Waals surface area contributed by atoms with Gasteiger partial charge in [0.25, 0.3) is 5.91 Å². The molecule has 1 aliphatic heterocycles. The Labute approximate surface area is 213 Å². The van der Waals surface area contributed by atoms with Crippen molar-refractivity contribution in [2.75, 3.05) is 26.7 Å². The molecule has 0 aliphatic carbocycles. The Morgan fingerprint density at radius 1 is 1.19 bits per heavy atom. The first kappa shape index (κ1) is 27.5. The summed E-state index contributed by atoms with van der Waals surface area (Å²) in [4.78, 5) is 31.1. The van der Waals surface area contributed by atoms with E-state index in [4.69, 9.17) is 0 Å². The first-order valence-corrected chi connectivity index (χ1v) is 12.4. The minimum absolute atomic E-state index is 0.0147. The number of likely N-dealkylation sites (N-methyl/N-ethyl adjacent to an activating group) is 1. The van der Waals surface area contributed by atoms with Gasteiger partial charge in [-0.2, -0.15) is 5.10 Å². The van der Waals surface area contributed by atoms with Gasteiger partial charge in [-0.25, -0.2) is 9.50 Å². The number of piperazine rings is 1. The van der Waals surface area contributed by atoms with E-state index in [1.165, 1.54) is 5.56 Å². The molecule has 1 N–H and O–H groups in total. The number of carbonyl (C=O) groups is 2. The molecule has 1 aromatic carbocycles. The van der Waals surface area contributed by atoms with E-state index in [9.17, 15) is 14.7 Å². The fraction of sp³-hybridized carbons (Fsp3) is 0.500. The standard InChI is InChI=1S/C17H17N3O.C11H22N2O2/c1-11(2)15-8-16(13-6-4-5-12(3)7-13)19-20-9-14(10-21)18-17(15)20;1-10(2)8-13(7-6-12(10)5)9(14)11(3,4)15/h4-11H,1-3H3;15H,6-8H2,1-5H3. The van der Waals surface area contributed by atoms with Crippen molar-refractivity contribution < 1.29 is 14.7 Å². The highest BCUT2D eigenvalue weighted by molar-refractivity contribution is 5.84. The maximum absolute atomic E-state index is 11.9. The molecule has 1 saturated heterocycles. The Morgan fingerprint density at radius 2 is 1.89 bits per heavy atom. The van der Waals surface area contributed by atoms with Gasteiger partial charge >= 0.3 is 0 Å². The Hall–Kier alpha value is -3.10. The topological polar surface area (TPSA) is 91.0 Å². The predicted octanol–water partition coefficient (Wildman–Crippen LogP) is 3.95. The van der Waals surface area contributed by atoms with Gasteiger partial charge in [0.05, 0.1) is 11.9 Å². The van der Waals surface area contributed by atoms with Gasteiger partial charge < -0.3 is 10.0 Å². The lowest BCUT2D eigenvalue weighted by molar-refractivity contribution is -0.152. The van der Waals surface area contributed by atoms with E-state index >= 15 is 0 Å². The molecule has 0 unspecified atom stereocenters. The second-order valence-corrected chi connectivity index (χ2v) is 11.1. The number of aromatic nitrogens is 3. The third kappa shape index (κ3) is 6.17. The number of aliphatic hydroxyl groups is 1. The molecule has 194 valence electrons. The average molecular weight is 494 g/mol. The molecule has 8 nitrogen and oxygen atoms in total. The lowest BCUT2D eigenvalue weighted by Gasteiger charge is -2.46. The number of fused-ring (bicyclic) bond motifs is 1. The third-order valence-electron chi connectivity index (χ3n) is 6.66. The summed E-state index contributed by atoms with van der Waals surface area (Å²) in [6.07, 6.45) is 2.43. The van der Waals surface area contributed by atoms with Crippen molar-refractivity contribution in [3.05, 3.63) is 53.3 Å². The van der Waals surface area contributed by atoms with Crippen LogP contribution in [0.3, 0.4) is 0 Å². The van der Waals surface area contributed by atoms with E-state index in [1.807, 2.05) is 12.1 Å². The van der Waals surface area contributed by atoms with Crippen molar-refractivity contribution in [1.82, 2.24) is 24.4 Å². The van der Waals surface area contributed by atoms with E-state index in [1.54, 1.807) is 29.5 Å². The maximum atomic E-state index is 11.9. The molecule has 0 saturated carbocycles. The maximum Gasteiger partial charge on any atom is 0.254 e. The summed E-state index contributed by atoms with van der Waals surface area (Å²) in [6, 6.07) is 10.3. The summed E-state index contributed by atoms with van der Waals surface area (Å²) in [7, 11) is 2.06. The molecular weight excluding hydrogens is 454 g/mol. The quantitative estimate of drug-likeness (QED) is 0.554. The van der Waals surface area contributed by atoms with Gasteiger partial charge in [-0.3, -0.25) is 14.5 Å². The molecule has 0 spiro atoms. The molecule has 1 fully saturated rings. The van der Waals surface area contributed by atoms with Crippen LogP contribution in [0.15, 0.2) is 36.5 Å². The van der Waals surface area contributed by atoms with Crippen molar-refractivity contribution in [1.29, 1.82) is 0 Å². The minimum atomic E-state index is -1.26. The molecule has 4 rings (SSSR count). The summed E-state index contributed by atoms with van der Waals surface area (Å²) in [5.74, 6) is 0.129. The van der Waals surface area contributed by atoms with E-state index in [-0.39, 0.29) is 11.4 Å². The Balaban J connectivity index is 0.000000214. The van der Waals surface area contributed by atoms with E-state index in [0.717, 1.165) is 35.3 Å². The molecular formula is C28H39N5O3. The highest BCUT2D eigenvalue weighted by Gasteiger charge is 2.37. The van der Waals surface area contributed by atoms with Crippen LogP contribution in [0.25, 0.3) is 16.9 Å². The van der Waals surface area contributed by atoms with Crippen LogP contribution in [0.1, 0.15) is 69.1 Å². The molecule has 36 heavy (non-hydrogen) atoms. The van der Waals surface area contributed by atoms with E-state index in [0.29, 0.717) is 24.7 Å². The SMILES string of the molecule is CN1CCN(C(=O)C(C)(C)O)CC1(C)C.Cc1cccc(-c2cc(C(C)C)c3nc(C=O)cn3n2)c1. The van der Waals surface area contributed by atoms with Crippen LogP contribution in [0.2, 0.25) is 0 Å². The molecule has 3 aromatic rings. The van der Waals surface area contributed by atoms with Crippen molar-refractivity contribution in [2.45, 2.75) is 65.5 Å². The second-order valence-electron chi connectivity index (χ2n) is 11.1. The van der Waals surface area contributed by atoms with Crippen molar-refractivity contribution in [2.24, 2.45) is 0 Å². The second kappa shape index (κ2) is 10.5. The number of rotatable bonds is 4. The van der Waals surface area contributed by atoms with Crippen LogP contribution in [0.4, 0.5) is 0 Å². The van der Waals surface area contributed by atoms with Gasteiger partial charge in [-0.15, -0.1) is 0 Å². The van der Waals surface area contributed by atoms with Crippen LogP contribution in [-0.4, -0.2) is 79.5 Å². The summed E-state index contributed by atoms with van der Waals surface area (Å²) in [5.41, 5.74) is 4.14. The van der Waals surface area contributed by atoms with Crippen LogP contribution >= 0.6 is 0 Å². The Morgan fingerprint density at radius 3 is 2.44 bits per heavy atom. The number of hydrogen-bond acceptors (Lipinski definition) is 6. The van der Waals surface area contributed by atoms with Gasteiger partial charge in [0, 0.05) is 36.3 Å². The van der Waals surface area contributed by atoms with Crippen LogP contribution < -0.4 is 0 Å². The summed E-state index contributed by atoms with van der Waals surface area (Å²) in [5, 5.41) is 14.3. The first-order valence-electron chi connectivity index (χ1n) is 12.4. The normalized spacial score (nSPS) is 16.1. The highest BCUT2D eigenvalue weighted by Crippen LogP contribution is 2.26. The highest BCUT2D eigenvalue weighted by atomic mass is 16.3. The molecule has 2 aromatic heterocycles. The number of aldehydes is 1. The zero-order valence-corrected chi connectivity index (χ0v) is 22.7. The third-order valence-corrected chi connectivity index (χ3v) is 6.66. The van der Waals surface area contributed by atoms with Crippen molar-refractivity contribution in [3.63, 3.8) is 0 Å². The van der Waals surface area contributed by atoms with Gasteiger partial charge in [0.2, 0.25) is 0 Å². The first-order chi connectivity index (χ1) is 16.7. The average Bonchev–Trinajstić information content (AvgIpc) is 3.22. The molecule has 1 aliphatic rings.